The van der Waals surface area contributed by atoms with Gasteiger partial charge in [-0.15, -0.1) is 0 Å². The molecule has 0 saturated heterocycles. The van der Waals surface area contributed by atoms with Gasteiger partial charge in [-0.05, 0) is 216 Å². The normalized spacial score (nSPS) is 11.9. The van der Waals surface area contributed by atoms with Crippen molar-refractivity contribution in [2.75, 3.05) is 54.4 Å². The Balaban J connectivity index is 0.000000170. The summed E-state index contributed by atoms with van der Waals surface area (Å²) in [7, 11) is 8.54. The van der Waals surface area contributed by atoms with Gasteiger partial charge in [-0.2, -0.15) is 20.4 Å². The van der Waals surface area contributed by atoms with E-state index in [-0.39, 0.29) is 28.8 Å². The third-order valence-corrected chi connectivity index (χ3v) is 19.7. The highest BCUT2D eigenvalue weighted by atomic mass is 19.3. The summed E-state index contributed by atoms with van der Waals surface area (Å²) in [5.41, 5.74) is 16.0. The number of alkyl halides is 2. The molecule has 0 radical (unpaired) electrons. The molecule has 0 unspecified atom stereocenters. The lowest BCUT2D eigenvalue weighted by atomic mass is 9.86. The number of hydrogen-bond acceptors (Lipinski definition) is 13. The molecule has 4 N–H and O–H groups in total. The Bertz CT molecular complexity index is 4700. The minimum Gasteiger partial charge on any atom is -0.489 e. The van der Waals surface area contributed by atoms with E-state index in [0.29, 0.717) is 36.7 Å². The number of rotatable bonds is 34. The predicted molar refractivity (Wildman–Crippen MR) is 449 cm³/mol. The van der Waals surface area contributed by atoms with Crippen molar-refractivity contribution in [2.24, 2.45) is 0 Å². The Morgan fingerprint density at radius 1 is 0.360 bits per heavy atom. The van der Waals surface area contributed by atoms with Crippen LogP contribution in [0.3, 0.4) is 0 Å². The minimum atomic E-state index is -2.86. The number of H-pyrrole nitrogens is 4. The molecule has 12 aromatic rings. The Hall–Kier alpha value is -9.79. The van der Waals surface area contributed by atoms with E-state index in [4.69, 9.17) is 18.9 Å². The summed E-state index contributed by atoms with van der Waals surface area (Å²) in [4.78, 5) is 20.8. The van der Waals surface area contributed by atoms with Crippen molar-refractivity contribution in [3.8, 4) is 23.0 Å². The summed E-state index contributed by atoms with van der Waals surface area (Å²) >= 11 is 0. The van der Waals surface area contributed by atoms with Gasteiger partial charge in [0.2, 0.25) is 0 Å². The monoisotopic (exact) mass is 1510 g/mol. The molecule has 8 aromatic carbocycles. The number of aromatic nitrogens is 8. The number of carbonyl (C=O) groups excluding carboxylic acids is 1. The largest absolute Gasteiger partial charge is 0.489 e. The molecule has 0 fully saturated rings. The van der Waals surface area contributed by atoms with Crippen LogP contribution in [-0.4, -0.2) is 121 Å². The van der Waals surface area contributed by atoms with Crippen molar-refractivity contribution < 1.29 is 32.5 Å². The second kappa shape index (κ2) is 40.9. The van der Waals surface area contributed by atoms with Gasteiger partial charge in [0.05, 0.1) is 44.8 Å². The number of ether oxygens (including phenoxy) is 4. The van der Waals surface area contributed by atoms with E-state index in [9.17, 15) is 13.6 Å². The van der Waals surface area contributed by atoms with Crippen LogP contribution in [-0.2, 0) is 69.4 Å². The number of nitrogens with one attached hydrogen (secondary N) is 4. The molecule has 12 rings (SSSR count). The summed E-state index contributed by atoms with van der Waals surface area (Å²) in [6.45, 7) is 34.2. The number of Topliss-reactive ketones (excluding diaryl/α,β-unsaturated/α-hetero) is 1. The van der Waals surface area contributed by atoms with Crippen LogP contribution in [0.5, 0.6) is 23.0 Å². The number of aromatic amines is 4. The number of hydrogen-bond donors (Lipinski definition) is 4. The second-order valence-corrected chi connectivity index (χ2v) is 31.8. The zero-order valence-corrected chi connectivity index (χ0v) is 68.7. The zero-order chi connectivity index (χ0) is 79.7. The van der Waals surface area contributed by atoms with Crippen molar-refractivity contribution in [1.29, 1.82) is 0 Å². The Morgan fingerprint density at radius 2 is 0.658 bits per heavy atom. The maximum Gasteiger partial charge on any atom is 0.270 e. The van der Waals surface area contributed by atoms with Gasteiger partial charge in [0.1, 0.15) is 49.4 Å². The first-order chi connectivity index (χ1) is 53.2. The first-order valence-corrected chi connectivity index (χ1v) is 39.6. The lowest BCUT2D eigenvalue weighted by molar-refractivity contribution is 0.0173. The molecule has 0 aliphatic carbocycles. The topological polar surface area (TPSA) is 182 Å². The van der Waals surface area contributed by atoms with E-state index in [2.05, 4.69) is 218 Å². The fourth-order valence-electron chi connectivity index (χ4n) is 12.8. The number of unbranched alkanes of at least 4 members (excludes halogenated alkanes) is 4. The van der Waals surface area contributed by atoms with Crippen molar-refractivity contribution in [3.63, 3.8) is 0 Å². The molecule has 0 aliphatic rings. The van der Waals surface area contributed by atoms with E-state index in [1.54, 1.807) is 19.1 Å². The highest BCUT2D eigenvalue weighted by Gasteiger charge is 2.25. The average Bonchev–Trinajstić information content (AvgIpc) is 1.70. The molecular weight excluding hydrogens is 1390 g/mol. The van der Waals surface area contributed by atoms with Gasteiger partial charge in [-0.1, -0.05) is 180 Å². The number of nitrogens with zero attached hydrogens (tertiary/aromatic N) is 8. The molecule has 592 valence electrons. The molecule has 17 nitrogen and oxygen atoms in total. The third kappa shape index (κ3) is 26.2. The van der Waals surface area contributed by atoms with Gasteiger partial charge in [0, 0.05) is 65.8 Å². The van der Waals surface area contributed by atoms with Crippen LogP contribution >= 0.6 is 0 Å². The van der Waals surface area contributed by atoms with Crippen LogP contribution in [0.25, 0.3) is 43.6 Å². The third-order valence-electron chi connectivity index (χ3n) is 19.7. The molecule has 0 aliphatic heterocycles. The Morgan fingerprint density at radius 3 is 0.964 bits per heavy atom. The summed E-state index contributed by atoms with van der Waals surface area (Å²) in [5.74, 6) is 0.464. The molecule has 0 amide bonds. The summed E-state index contributed by atoms with van der Waals surface area (Å²) in [5, 5.41) is 34.7. The first kappa shape index (κ1) is 85.2. The fourth-order valence-corrected chi connectivity index (χ4v) is 12.8. The summed E-state index contributed by atoms with van der Waals surface area (Å²) in [6.07, 6.45) is 9.55. The Labute approximate surface area is 657 Å². The summed E-state index contributed by atoms with van der Waals surface area (Å²) < 4.78 is 51.0. The van der Waals surface area contributed by atoms with E-state index in [0.717, 1.165) is 161 Å². The second-order valence-electron chi connectivity index (χ2n) is 31.8. The van der Waals surface area contributed by atoms with Gasteiger partial charge in [0.15, 0.2) is 5.78 Å². The SMILES string of the molecule is CCCCN(C)Cc1[nH]nc2ccc(OCc3ccc(C(C)(C)C)cc3)cc12.CCCCN(C)Cc1[nH]nc2ccc(OCc3cccc(C(C)(C)C)c3)cc12.CCCCN(C)Cc1[nH]nc2ccc(OCc3cccc(C(C)(F)F)c3)cc12.CCCCN(C)Cc1[nH]nc2ccc(OCc3cccc(C(C)=O)c3)cc12. The molecule has 4 aromatic heterocycles. The zero-order valence-electron chi connectivity index (χ0n) is 68.7. The molecule has 0 saturated carbocycles. The van der Waals surface area contributed by atoms with E-state index >= 15 is 0 Å². The highest BCUT2D eigenvalue weighted by molar-refractivity contribution is 5.94. The number of benzene rings is 8. The molecule has 19 heteroatoms. The predicted octanol–water partition coefficient (Wildman–Crippen LogP) is 21.4. The molecule has 0 bridgehead atoms. The number of halogens is 2. The van der Waals surface area contributed by atoms with Crippen molar-refractivity contribution >= 4 is 49.4 Å². The number of fused-ring (bicyclic) bond motifs is 4. The quantitative estimate of drug-likeness (QED) is 0.0280. The van der Waals surface area contributed by atoms with E-state index in [1.165, 1.54) is 72.9 Å². The van der Waals surface area contributed by atoms with E-state index in [1.807, 2.05) is 84.9 Å². The van der Waals surface area contributed by atoms with Crippen LogP contribution in [0.2, 0.25) is 0 Å². The van der Waals surface area contributed by atoms with Gasteiger partial charge in [-0.25, -0.2) is 8.78 Å². The molecular formula is C92H120F2N12O5. The standard InChI is InChI=1S/2C24H33N3O.C22H27F2N3O.C22H27N3O2/c1-6-7-14-27(5)16-23-21-15-20(12-13-22(21)25-26-23)28-17-18-8-10-19(11-9-18)24(2,3)4;1-6-7-13-27(5)16-23-21-15-20(11-12-22(21)25-26-23)28-17-18-9-8-10-19(14-18)24(2,3)4;1-4-5-11-27(3)14-21-19-13-18(9-10-20(19)25-26-21)28-15-16-7-6-8-17(12-16)22(2,23)24;1-4-5-11-25(3)14-22-20-13-19(9-10-21(20)23-24-22)27-15-17-7-6-8-18(12-17)16(2)26/h8-13,15H,6-7,14,16-17H2,1-5H3,(H,25,26);8-12,14-15H,6-7,13,16-17H2,1-5H3,(H,25,26);6-10,12-13H,4-5,11,14-15H2,1-3H3,(H,25,26);6-10,12-13H,4-5,11,14-15H2,1-3H3,(H,23,24). The van der Waals surface area contributed by atoms with Crippen LogP contribution in [0.4, 0.5) is 8.78 Å². The first-order valence-electron chi connectivity index (χ1n) is 39.6. The molecule has 4 heterocycles. The van der Waals surface area contributed by atoms with Crippen molar-refractivity contribution in [1.82, 2.24) is 60.4 Å². The Kier molecular flexibility index (Phi) is 31.4. The maximum atomic E-state index is 13.5. The molecule has 0 atom stereocenters. The maximum absolute atomic E-state index is 13.5. The van der Waals surface area contributed by atoms with Gasteiger partial charge in [0.25, 0.3) is 5.92 Å². The van der Waals surface area contributed by atoms with Gasteiger partial charge >= 0.3 is 0 Å². The molecule has 111 heavy (non-hydrogen) atoms. The van der Waals surface area contributed by atoms with Crippen LogP contribution in [0.1, 0.15) is 207 Å². The van der Waals surface area contributed by atoms with Crippen molar-refractivity contribution in [3.05, 3.63) is 237 Å². The van der Waals surface area contributed by atoms with Gasteiger partial charge in [-0.3, -0.25) is 25.2 Å². The smallest absolute Gasteiger partial charge is 0.270 e. The highest BCUT2D eigenvalue weighted by Crippen LogP contribution is 2.32. The number of ketones is 1. The van der Waals surface area contributed by atoms with Crippen LogP contribution in [0, 0.1) is 0 Å². The molecule has 0 spiro atoms. The van der Waals surface area contributed by atoms with Crippen LogP contribution in [0.15, 0.2) is 170 Å². The van der Waals surface area contributed by atoms with Crippen LogP contribution < -0.4 is 18.9 Å². The fraction of sp³-hybridized carbons (Fsp3) is 0.424. The minimum absolute atomic E-state index is 0.00344. The lowest BCUT2D eigenvalue weighted by Crippen LogP contribution is -2.19. The average molecular weight is 1510 g/mol. The van der Waals surface area contributed by atoms with Gasteiger partial charge < -0.3 is 38.5 Å². The number of carbonyl (C=O) groups is 1. The summed E-state index contributed by atoms with van der Waals surface area (Å²) in [6, 6.07) is 55.2. The lowest BCUT2D eigenvalue weighted by Gasteiger charge is -2.19. The van der Waals surface area contributed by atoms with Crippen molar-refractivity contribution in [2.45, 2.75) is 204 Å². The van der Waals surface area contributed by atoms with E-state index < -0.39 is 5.92 Å².